The first-order valence-corrected chi connectivity index (χ1v) is 3.69. The first kappa shape index (κ1) is 6.90. The van der Waals surface area contributed by atoms with Gasteiger partial charge in [-0.05, 0) is 5.75 Å². The number of nitrogens with two attached hydrogens (primary N) is 1. The highest BCUT2D eigenvalue weighted by molar-refractivity contribution is 7.80. The molecule has 0 aromatic carbocycles. The molecule has 0 radical (unpaired) electrons. The van der Waals surface area contributed by atoms with Crippen LogP contribution < -0.4 is 5.73 Å². The summed E-state index contributed by atoms with van der Waals surface area (Å²) in [5.74, 6) is 1.26. The van der Waals surface area contributed by atoms with Gasteiger partial charge in [0, 0.05) is 12.0 Å². The maximum absolute atomic E-state index is 5.70. The molecule has 50 valence electrons. The van der Waals surface area contributed by atoms with Crippen molar-refractivity contribution in [1.29, 1.82) is 0 Å². The molecule has 0 aliphatic heterocycles. The molecule has 9 heavy (non-hydrogen) atoms. The fourth-order valence-corrected chi connectivity index (χ4v) is 1.22. The number of allylic oxidation sites excluding steroid dienone is 2. The summed E-state index contributed by atoms with van der Waals surface area (Å²) < 4.78 is 0. The molecule has 1 nitrogen and oxygen atoms in total. The van der Waals surface area contributed by atoms with E-state index in [1.165, 1.54) is 0 Å². The van der Waals surface area contributed by atoms with Gasteiger partial charge in [-0.1, -0.05) is 24.3 Å². The summed E-state index contributed by atoms with van der Waals surface area (Å²) in [7, 11) is 0. The van der Waals surface area contributed by atoms with E-state index >= 15 is 0 Å². The van der Waals surface area contributed by atoms with Crippen molar-refractivity contribution in [3.8, 4) is 0 Å². The van der Waals surface area contributed by atoms with E-state index in [2.05, 4.69) is 18.7 Å². The lowest BCUT2D eigenvalue weighted by molar-refractivity contribution is 0.635. The first-order valence-electron chi connectivity index (χ1n) is 3.06. The molecule has 0 aromatic rings. The zero-order valence-corrected chi connectivity index (χ0v) is 6.09. The van der Waals surface area contributed by atoms with E-state index in [4.69, 9.17) is 5.73 Å². The quantitative estimate of drug-likeness (QED) is 0.523. The van der Waals surface area contributed by atoms with Crippen LogP contribution >= 0.6 is 12.6 Å². The molecule has 0 saturated carbocycles. The Kier molecular flexibility index (Phi) is 2.37. The highest BCUT2D eigenvalue weighted by Crippen LogP contribution is 2.11. The summed E-state index contributed by atoms with van der Waals surface area (Å²) in [4.78, 5) is 0. The molecule has 1 aliphatic carbocycles. The molecule has 2 heteroatoms. The van der Waals surface area contributed by atoms with Gasteiger partial charge in [0.2, 0.25) is 0 Å². The van der Waals surface area contributed by atoms with Crippen molar-refractivity contribution in [3.63, 3.8) is 0 Å². The fraction of sp³-hybridized carbons (Fsp3) is 0.429. The molecule has 0 spiro atoms. The van der Waals surface area contributed by atoms with Crippen LogP contribution in [0.4, 0.5) is 0 Å². The molecule has 0 fully saturated rings. The molecule has 0 saturated heterocycles. The van der Waals surface area contributed by atoms with Crippen LogP contribution in [0.1, 0.15) is 0 Å². The smallest absolute Gasteiger partial charge is 0.0298 e. The van der Waals surface area contributed by atoms with Crippen LogP contribution in [-0.4, -0.2) is 11.8 Å². The van der Waals surface area contributed by atoms with Gasteiger partial charge >= 0.3 is 0 Å². The van der Waals surface area contributed by atoms with Crippen molar-refractivity contribution >= 4 is 12.6 Å². The Labute approximate surface area is 61.0 Å². The Balaban J connectivity index is 2.55. The average Bonchev–Trinajstić information content (AvgIpc) is 1.89. The third-order valence-electron chi connectivity index (χ3n) is 1.51. The summed E-state index contributed by atoms with van der Waals surface area (Å²) in [6.45, 7) is 0. The second-order valence-corrected chi connectivity index (χ2v) is 2.56. The van der Waals surface area contributed by atoms with Gasteiger partial charge in [0.05, 0.1) is 0 Å². The maximum Gasteiger partial charge on any atom is 0.0298 e. The molecule has 2 N–H and O–H groups in total. The van der Waals surface area contributed by atoms with Crippen LogP contribution in [0.5, 0.6) is 0 Å². The summed E-state index contributed by atoms with van der Waals surface area (Å²) in [6.07, 6.45) is 8.09. The average molecular weight is 141 g/mol. The van der Waals surface area contributed by atoms with E-state index in [1.807, 2.05) is 18.2 Å². The van der Waals surface area contributed by atoms with Crippen LogP contribution in [0.15, 0.2) is 24.3 Å². The molecular weight excluding hydrogens is 130 g/mol. The van der Waals surface area contributed by atoms with E-state index < -0.39 is 0 Å². The minimum atomic E-state index is 0.174. The van der Waals surface area contributed by atoms with E-state index in [9.17, 15) is 0 Å². The van der Waals surface area contributed by atoms with Gasteiger partial charge in [-0.3, -0.25) is 0 Å². The molecule has 0 heterocycles. The third kappa shape index (κ3) is 1.60. The molecule has 0 amide bonds. The van der Waals surface area contributed by atoms with Crippen molar-refractivity contribution < 1.29 is 0 Å². The SMILES string of the molecule is NC1C=CC=CC1CS. The number of thiol groups is 1. The second-order valence-electron chi connectivity index (χ2n) is 2.19. The summed E-state index contributed by atoms with van der Waals surface area (Å²) in [5.41, 5.74) is 5.70. The van der Waals surface area contributed by atoms with Crippen molar-refractivity contribution in [2.75, 3.05) is 5.75 Å². The lowest BCUT2D eigenvalue weighted by Crippen LogP contribution is -2.28. The molecule has 2 atom stereocenters. The molecule has 1 rings (SSSR count). The second kappa shape index (κ2) is 3.08. The normalized spacial score (nSPS) is 33.1. The van der Waals surface area contributed by atoms with Crippen LogP contribution in [0.25, 0.3) is 0 Å². The Hall–Kier alpha value is -0.210. The lowest BCUT2D eigenvalue weighted by Gasteiger charge is -2.17. The Morgan fingerprint density at radius 2 is 2.00 bits per heavy atom. The molecule has 0 aromatic heterocycles. The molecule has 0 bridgehead atoms. The van der Waals surface area contributed by atoms with E-state index in [0.29, 0.717) is 5.92 Å². The molecule has 1 aliphatic rings. The van der Waals surface area contributed by atoms with Gasteiger partial charge in [0.1, 0.15) is 0 Å². The Morgan fingerprint density at radius 1 is 1.33 bits per heavy atom. The lowest BCUT2D eigenvalue weighted by atomic mass is 9.98. The topological polar surface area (TPSA) is 26.0 Å². The number of hydrogen-bond acceptors (Lipinski definition) is 2. The minimum absolute atomic E-state index is 0.174. The summed E-state index contributed by atoms with van der Waals surface area (Å²) >= 11 is 4.16. The molecular formula is C7H11NS. The largest absolute Gasteiger partial charge is 0.324 e. The predicted octanol–water partition coefficient (Wildman–Crippen LogP) is 0.986. The van der Waals surface area contributed by atoms with Crippen molar-refractivity contribution in [2.24, 2.45) is 11.7 Å². The summed E-state index contributed by atoms with van der Waals surface area (Å²) in [5, 5.41) is 0. The van der Waals surface area contributed by atoms with E-state index in [0.717, 1.165) is 5.75 Å². The third-order valence-corrected chi connectivity index (χ3v) is 1.93. The van der Waals surface area contributed by atoms with Gasteiger partial charge in [0.15, 0.2) is 0 Å². The first-order chi connectivity index (χ1) is 4.34. The number of hydrogen-bond donors (Lipinski definition) is 2. The molecule has 2 unspecified atom stereocenters. The highest BCUT2D eigenvalue weighted by atomic mass is 32.1. The zero-order chi connectivity index (χ0) is 6.69. The predicted molar refractivity (Wildman–Crippen MR) is 43.6 cm³/mol. The Bertz CT molecular complexity index is 140. The van der Waals surface area contributed by atoms with Gasteiger partial charge in [-0.25, -0.2) is 0 Å². The van der Waals surface area contributed by atoms with Gasteiger partial charge in [-0.2, -0.15) is 12.6 Å². The van der Waals surface area contributed by atoms with Crippen molar-refractivity contribution in [3.05, 3.63) is 24.3 Å². The summed E-state index contributed by atoms with van der Waals surface area (Å²) in [6, 6.07) is 0.174. The fourth-order valence-electron chi connectivity index (χ4n) is 0.853. The van der Waals surface area contributed by atoms with Gasteiger partial charge in [0.25, 0.3) is 0 Å². The van der Waals surface area contributed by atoms with Crippen LogP contribution in [-0.2, 0) is 0 Å². The minimum Gasteiger partial charge on any atom is -0.324 e. The van der Waals surface area contributed by atoms with Gasteiger partial charge < -0.3 is 5.73 Å². The maximum atomic E-state index is 5.70. The van der Waals surface area contributed by atoms with Crippen molar-refractivity contribution in [1.82, 2.24) is 0 Å². The monoisotopic (exact) mass is 141 g/mol. The zero-order valence-electron chi connectivity index (χ0n) is 5.20. The highest BCUT2D eigenvalue weighted by Gasteiger charge is 2.10. The van der Waals surface area contributed by atoms with Crippen molar-refractivity contribution in [2.45, 2.75) is 6.04 Å². The standard InChI is InChI=1S/C7H11NS/c8-7-4-2-1-3-6(7)5-9/h1-4,6-7,9H,5,8H2. The van der Waals surface area contributed by atoms with Crippen LogP contribution in [0.3, 0.4) is 0 Å². The number of rotatable bonds is 1. The Morgan fingerprint density at radius 3 is 2.44 bits per heavy atom. The van der Waals surface area contributed by atoms with Crippen LogP contribution in [0, 0.1) is 5.92 Å². The van der Waals surface area contributed by atoms with E-state index in [-0.39, 0.29) is 6.04 Å². The van der Waals surface area contributed by atoms with Gasteiger partial charge in [-0.15, -0.1) is 0 Å². The van der Waals surface area contributed by atoms with Crippen LogP contribution in [0.2, 0.25) is 0 Å². The van der Waals surface area contributed by atoms with E-state index in [1.54, 1.807) is 0 Å².